The second-order valence-electron chi connectivity index (χ2n) is 6.32. The first kappa shape index (κ1) is 16.3. The molecule has 0 aliphatic heterocycles. The third-order valence-corrected chi connectivity index (χ3v) is 3.55. The lowest BCUT2D eigenvalue weighted by Crippen LogP contribution is -2.29. The molecule has 0 amide bonds. The van der Waals surface area contributed by atoms with Crippen LogP contribution >= 0.6 is 0 Å². The van der Waals surface area contributed by atoms with Crippen LogP contribution in [0.1, 0.15) is 32.6 Å². The molecule has 0 saturated heterocycles. The lowest BCUT2D eigenvalue weighted by molar-refractivity contribution is 0.0561. The summed E-state index contributed by atoms with van der Waals surface area (Å²) in [5.41, 5.74) is -0.247. The summed E-state index contributed by atoms with van der Waals surface area (Å²) in [6, 6.07) is 5.78. The zero-order chi connectivity index (χ0) is 17.3. The SMILES string of the molecule is CC(c1nc(-c2ccc(F)cc2)nn1CC(C)(C)O)n1cncn1. The molecule has 1 N–H and O–H groups in total. The highest BCUT2D eigenvalue weighted by atomic mass is 19.1. The van der Waals surface area contributed by atoms with Crippen molar-refractivity contribution in [2.45, 2.75) is 39.0 Å². The van der Waals surface area contributed by atoms with Crippen molar-refractivity contribution in [2.24, 2.45) is 0 Å². The van der Waals surface area contributed by atoms with E-state index in [1.807, 2.05) is 6.92 Å². The minimum atomic E-state index is -0.954. The predicted molar refractivity (Wildman–Crippen MR) is 85.5 cm³/mol. The van der Waals surface area contributed by atoms with E-state index in [1.54, 1.807) is 41.7 Å². The number of rotatable bonds is 5. The van der Waals surface area contributed by atoms with E-state index in [0.29, 0.717) is 17.2 Å². The first-order chi connectivity index (χ1) is 11.3. The van der Waals surface area contributed by atoms with E-state index in [1.165, 1.54) is 18.5 Å². The topological polar surface area (TPSA) is 81.6 Å². The maximum atomic E-state index is 13.1. The van der Waals surface area contributed by atoms with Crippen LogP contribution in [0.25, 0.3) is 11.4 Å². The van der Waals surface area contributed by atoms with Crippen LogP contribution in [0.2, 0.25) is 0 Å². The van der Waals surface area contributed by atoms with Crippen molar-refractivity contribution in [3.8, 4) is 11.4 Å². The van der Waals surface area contributed by atoms with Crippen molar-refractivity contribution < 1.29 is 9.50 Å². The highest BCUT2D eigenvalue weighted by Crippen LogP contribution is 2.22. The van der Waals surface area contributed by atoms with E-state index in [4.69, 9.17) is 0 Å². The van der Waals surface area contributed by atoms with Gasteiger partial charge in [0, 0.05) is 5.56 Å². The van der Waals surface area contributed by atoms with Gasteiger partial charge in [-0.3, -0.25) is 0 Å². The predicted octanol–water partition coefficient (Wildman–Crippen LogP) is 2.06. The van der Waals surface area contributed by atoms with E-state index in [0.717, 1.165) is 0 Å². The second-order valence-corrected chi connectivity index (χ2v) is 6.32. The molecule has 0 aliphatic rings. The highest BCUT2D eigenvalue weighted by molar-refractivity contribution is 5.54. The van der Waals surface area contributed by atoms with Crippen LogP contribution < -0.4 is 0 Å². The van der Waals surface area contributed by atoms with Gasteiger partial charge in [-0.2, -0.15) is 10.2 Å². The molecule has 2 heterocycles. The summed E-state index contributed by atoms with van der Waals surface area (Å²) in [5.74, 6) is 0.800. The van der Waals surface area contributed by atoms with Crippen LogP contribution in [0.15, 0.2) is 36.9 Å². The fourth-order valence-corrected chi connectivity index (χ4v) is 2.40. The van der Waals surface area contributed by atoms with Crippen LogP contribution in [0, 0.1) is 5.82 Å². The monoisotopic (exact) mass is 330 g/mol. The molecule has 2 aromatic heterocycles. The first-order valence-electron chi connectivity index (χ1n) is 7.61. The first-order valence-corrected chi connectivity index (χ1v) is 7.61. The summed E-state index contributed by atoms with van der Waals surface area (Å²) in [6.07, 6.45) is 3.05. The van der Waals surface area contributed by atoms with Crippen LogP contribution in [0.4, 0.5) is 4.39 Å². The molecule has 24 heavy (non-hydrogen) atoms. The van der Waals surface area contributed by atoms with Gasteiger partial charge in [0.25, 0.3) is 0 Å². The summed E-state index contributed by atoms with van der Waals surface area (Å²) >= 11 is 0. The third-order valence-electron chi connectivity index (χ3n) is 3.55. The molecule has 0 spiro atoms. The van der Waals surface area contributed by atoms with Gasteiger partial charge in [0.05, 0.1) is 12.1 Å². The van der Waals surface area contributed by atoms with Gasteiger partial charge >= 0.3 is 0 Å². The molecule has 3 rings (SSSR count). The quantitative estimate of drug-likeness (QED) is 0.774. The van der Waals surface area contributed by atoms with Gasteiger partial charge < -0.3 is 5.11 Å². The Hall–Kier alpha value is -2.61. The van der Waals surface area contributed by atoms with E-state index in [2.05, 4.69) is 20.2 Å². The number of halogens is 1. The average molecular weight is 330 g/mol. The summed E-state index contributed by atoms with van der Waals surface area (Å²) < 4.78 is 16.4. The summed E-state index contributed by atoms with van der Waals surface area (Å²) in [5, 5.41) is 18.8. The molecule has 0 bridgehead atoms. The Morgan fingerprint density at radius 2 is 1.96 bits per heavy atom. The molecular formula is C16H19FN6O. The Kier molecular flexibility index (Phi) is 4.15. The smallest absolute Gasteiger partial charge is 0.181 e. The number of nitrogens with zero attached hydrogens (tertiary/aromatic N) is 6. The van der Waals surface area contributed by atoms with Crippen molar-refractivity contribution in [1.82, 2.24) is 29.5 Å². The number of hydrogen-bond acceptors (Lipinski definition) is 5. The zero-order valence-electron chi connectivity index (χ0n) is 13.8. The second kappa shape index (κ2) is 6.12. The van der Waals surface area contributed by atoms with E-state index in [-0.39, 0.29) is 18.4 Å². The molecule has 7 nitrogen and oxygen atoms in total. The molecule has 0 saturated carbocycles. The molecule has 126 valence electrons. The fourth-order valence-electron chi connectivity index (χ4n) is 2.40. The lowest BCUT2D eigenvalue weighted by atomic mass is 10.1. The lowest BCUT2D eigenvalue weighted by Gasteiger charge is -2.19. The molecule has 1 atom stereocenters. The number of aliphatic hydroxyl groups is 1. The van der Waals surface area contributed by atoms with Crippen molar-refractivity contribution in [3.63, 3.8) is 0 Å². The van der Waals surface area contributed by atoms with Gasteiger partial charge in [-0.15, -0.1) is 0 Å². The summed E-state index contributed by atoms with van der Waals surface area (Å²) in [7, 11) is 0. The van der Waals surface area contributed by atoms with Gasteiger partial charge in [0.2, 0.25) is 0 Å². The Bertz CT molecular complexity index is 804. The molecule has 0 fully saturated rings. The fraction of sp³-hybridized carbons (Fsp3) is 0.375. The Morgan fingerprint density at radius 1 is 1.25 bits per heavy atom. The highest BCUT2D eigenvalue weighted by Gasteiger charge is 2.23. The summed E-state index contributed by atoms with van der Waals surface area (Å²) in [4.78, 5) is 8.53. The molecule has 1 aromatic carbocycles. The van der Waals surface area contributed by atoms with Crippen LogP contribution in [-0.4, -0.2) is 40.2 Å². The minimum Gasteiger partial charge on any atom is -0.389 e. The maximum Gasteiger partial charge on any atom is 0.181 e. The van der Waals surface area contributed by atoms with Crippen molar-refractivity contribution in [3.05, 3.63) is 48.6 Å². The molecule has 3 aromatic rings. The number of benzene rings is 1. The zero-order valence-corrected chi connectivity index (χ0v) is 13.8. The van der Waals surface area contributed by atoms with Crippen molar-refractivity contribution in [1.29, 1.82) is 0 Å². The molecule has 8 heteroatoms. The third kappa shape index (κ3) is 3.48. The standard InChI is InChI=1S/C16H19FN6O/c1-11(23-10-18-9-19-23)15-20-14(12-4-6-13(17)7-5-12)21-22(15)8-16(2,3)24/h4-7,9-11,24H,8H2,1-3H3. The number of aromatic nitrogens is 6. The normalized spacial score (nSPS) is 13.2. The summed E-state index contributed by atoms with van der Waals surface area (Å²) in [6.45, 7) is 5.61. The van der Waals surface area contributed by atoms with E-state index < -0.39 is 5.60 Å². The largest absolute Gasteiger partial charge is 0.389 e. The van der Waals surface area contributed by atoms with Gasteiger partial charge in [0.15, 0.2) is 11.6 Å². The maximum absolute atomic E-state index is 13.1. The molecular weight excluding hydrogens is 311 g/mol. The van der Waals surface area contributed by atoms with E-state index >= 15 is 0 Å². The Morgan fingerprint density at radius 3 is 2.54 bits per heavy atom. The Balaban J connectivity index is 2.03. The van der Waals surface area contributed by atoms with Gasteiger partial charge in [-0.05, 0) is 45.0 Å². The van der Waals surface area contributed by atoms with Gasteiger partial charge in [-0.1, -0.05) is 0 Å². The minimum absolute atomic E-state index is 0.212. The molecule has 0 radical (unpaired) electrons. The molecule has 1 unspecified atom stereocenters. The number of hydrogen-bond donors (Lipinski definition) is 1. The van der Waals surface area contributed by atoms with Crippen LogP contribution in [0.3, 0.4) is 0 Å². The van der Waals surface area contributed by atoms with Gasteiger partial charge in [-0.25, -0.2) is 23.7 Å². The average Bonchev–Trinajstić information content (AvgIpc) is 3.15. The van der Waals surface area contributed by atoms with Crippen LogP contribution in [-0.2, 0) is 6.54 Å². The Labute approximate surface area is 138 Å². The van der Waals surface area contributed by atoms with Crippen LogP contribution in [0.5, 0.6) is 0 Å². The van der Waals surface area contributed by atoms with Gasteiger partial charge in [0.1, 0.15) is 24.5 Å². The van der Waals surface area contributed by atoms with E-state index in [9.17, 15) is 9.50 Å². The van der Waals surface area contributed by atoms with Crippen molar-refractivity contribution in [2.75, 3.05) is 0 Å². The molecule has 0 aliphatic carbocycles. The van der Waals surface area contributed by atoms with Crippen molar-refractivity contribution >= 4 is 0 Å².